The van der Waals surface area contributed by atoms with E-state index in [0.717, 1.165) is 35.6 Å². The van der Waals surface area contributed by atoms with E-state index in [1.54, 1.807) is 0 Å². The number of aromatic nitrogens is 2. The van der Waals surface area contributed by atoms with Crippen molar-refractivity contribution in [1.29, 1.82) is 0 Å². The lowest BCUT2D eigenvalue weighted by atomic mass is 10.0. The Morgan fingerprint density at radius 1 is 1.25 bits per heavy atom. The van der Waals surface area contributed by atoms with Crippen molar-refractivity contribution in [3.8, 4) is 0 Å². The Bertz CT molecular complexity index is 602. The minimum atomic E-state index is 0. The maximum absolute atomic E-state index is 5.95. The standard InChI is InChI=1S/C18H29N5.HI/c1-13(2)7-6-8-14(3)21-18(19)20-12-11-17-22-15-9-4-5-10-16(15)23-17;/h4-5,9-10,13-14H,6-8,11-12H2,1-3H3,(H,22,23)(H3,19,20,21);1H. The summed E-state index contributed by atoms with van der Waals surface area (Å²) in [6, 6.07) is 8.40. The number of halogens is 1. The summed E-state index contributed by atoms with van der Waals surface area (Å²) in [4.78, 5) is 12.2. The van der Waals surface area contributed by atoms with Crippen LogP contribution in [-0.4, -0.2) is 28.5 Å². The number of para-hydroxylation sites is 2. The number of aliphatic imine (C=N–C) groups is 1. The van der Waals surface area contributed by atoms with Crippen LogP contribution in [-0.2, 0) is 6.42 Å². The monoisotopic (exact) mass is 443 g/mol. The van der Waals surface area contributed by atoms with E-state index >= 15 is 0 Å². The number of guanidine groups is 1. The first kappa shape index (κ1) is 20.7. The van der Waals surface area contributed by atoms with Crippen LogP contribution in [0.5, 0.6) is 0 Å². The van der Waals surface area contributed by atoms with Crippen LogP contribution in [0.4, 0.5) is 0 Å². The van der Waals surface area contributed by atoms with E-state index in [0.29, 0.717) is 18.5 Å². The number of hydrogen-bond donors (Lipinski definition) is 3. The van der Waals surface area contributed by atoms with Crippen molar-refractivity contribution in [3.05, 3.63) is 30.1 Å². The highest BCUT2D eigenvalue weighted by molar-refractivity contribution is 14.0. The molecule has 0 spiro atoms. The molecule has 2 rings (SSSR count). The Balaban J connectivity index is 0.00000288. The molecule has 4 N–H and O–H groups in total. The average molecular weight is 443 g/mol. The Hall–Kier alpha value is -1.31. The lowest BCUT2D eigenvalue weighted by Gasteiger charge is -2.14. The fraction of sp³-hybridized carbons (Fsp3) is 0.556. The third kappa shape index (κ3) is 7.07. The quantitative estimate of drug-likeness (QED) is 0.330. The van der Waals surface area contributed by atoms with E-state index < -0.39 is 0 Å². The third-order valence-electron chi connectivity index (χ3n) is 3.88. The summed E-state index contributed by atoms with van der Waals surface area (Å²) in [7, 11) is 0. The number of hydrogen-bond acceptors (Lipinski definition) is 2. The molecule has 0 bridgehead atoms. The van der Waals surface area contributed by atoms with E-state index in [2.05, 4.69) is 41.0 Å². The number of benzene rings is 1. The second kappa shape index (κ2) is 10.5. The summed E-state index contributed by atoms with van der Waals surface area (Å²) in [5, 5.41) is 3.26. The van der Waals surface area contributed by atoms with Gasteiger partial charge in [0.2, 0.25) is 0 Å². The van der Waals surface area contributed by atoms with Gasteiger partial charge in [0.15, 0.2) is 5.96 Å². The van der Waals surface area contributed by atoms with Gasteiger partial charge in [-0.05, 0) is 31.4 Å². The Kier molecular flexibility index (Phi) is 9.10. The van der Waals surface area contributed by atoms with Crippen LogP contribution >= 0.6 is 24.0 Å². The molecule has 0 fully saturated rings. The summed E-state index contributed by atoms with van der Waals surface area (Å²) in [5.74, 6) is 2.24. The molecule has 2 aromatic rings. The molecule has 134 valence electrons. The number of nitrogens with two attached hydrogens (primary N) is 1. The molecular weight excluding hydrogens is 413 g/mol. The summed E-state index contributed by atoms with van der Waals surface area (Å²) >= 11 is 0. The Morgan fingerprint density at radius 2 is 2.00 bits per heavy atom. The van der Waals surface area contributed by atoms with Crippen LogP contribution in [0.3, 0.4) is 0 Å². The molecule has 0 aliphatic heterocycles. The van der Waals surface area contributed by atoms with Crippen molar-refractivity contribution in [2.24, 2.45) is 16.6 Å². The zero-order chi connectivity index (χ0) is 16.7. The zero-order valence-corrected chi connectivity index (χ0v) is 17.2. The molecule has 24 heavy (non-hydrogen) atoms. The van der Waals surface area contributed by atoms with Crippen LogP contribution in [0.15, 0.2) is 29.3 Å². The van der Waals surface area contributed by atoms with Gasteiger partial charge in [-0.2, -0.15) is 0 Å². The molecule has 0 saturated heterocycles. The number of nitrogens with zero attached hydrogens (tertiary/aromatic N) is 2. The number of rotatable bonds is 8. The number of imidazole rings is 1. The predicted octanol–water partition coefficient (Wildman–Crippen LogP) is 3.84. The summed E-state index contributed by atoms with van der Waals surface area (Å²) in [5.41, 5.74) is 8.02. The molecule has 6 heteroatoms. The molecule has 0 amide bonds. The fourth-order valence-corrected chi connectivity index (χ4v) is 2.61. The van der Waals surface area contributed by atoms with Gasteiger partial charge in [0.1, 0.15) is 5.82 Å². The molecule has 1 atom stereocenters. The van der Waals surface area contributed by atoms with Gasteiger partial charge in [-0.1, -0.05) is 38.8 Å². The molecule has 1 unspecified atom stereocenters. The number of H-pyrrole nitrogens is 1. The minimum absolute atomic E-state index is 0. The van der Waals surface area contributed by atoms with Crippen molar-refractivity contribution >= 4 is 41.0 Å². The minimum Gasteiger partial charge on any atom is -0.370 e. The molecule has 0 aliphatic carbocycles. The van der Waals surface area contributed by atoms with Crippen LogP contribution in [0, 0.1) is 5.92 Å². The topological polar surface area (TPSA) is 79.1 Å². The van der Waals surface area contributed by atoms with Gasteiger partial charge < -0.3 is 16.0 Å². The lowest BCUT2D eigenvalue weighted by molar-refractivity contribution is 0.493. The first-order valence-corrected chi connectivity index (χ1v) is 8.54. The molecule has 0 radical (unpaired) electrons. The second-order valence-electron chi connectivity index (χ2n) is 6.59. The van der Waals surface area contributed by atoms with E-state index in [1.165, 1.54) is 12.8 Å². The van der Waals surface area contributed by atoms with Crippen LogP contribution in [0.1, 0.15) is 45.9 Å². The summed E-state index contributed by atoms with van der Waals surface area (Å²) in [6.07, 6.45) is 4.37. The summed E-state index contributed by atoms with van der Waals surface area (Å²) in [6.45, 7) is 7.30. The van der Waals surface area contributed by atoms with E-state index in [-0.39, 0.29) is 24.0 Å². The first-order valence-electron chi connectivity index (χ1n) is 8.54. The van der Waals surface area contributed by atoms with Crippen LogP contribution in [0.2, 0.25) is 0 Å². The maximum Gasteiger partial charge on any atom is 0.188 e. The van der Waals surface area contributed by atoms with E-state index in [4.69, 9.17) is 5.73 Å². The van der Waals surface area contributed by atoms with Crippen molar-refractivity contribution < 1.29 is 0 Å². The Labute approximate surface area is 161 Å². The van der Waals surface area contributed by atoms with Crippen molar-refractivity contribution in [3.63, 3.8) is 0 Å². The molecule has 1 heterocycles. The SMILES string of the molecule is CC(C)CCCC(C)NC(N)=NCCc1nc2ccccc2[nH]1.I. The molecule has 5 nitrogen and oxygen atoms in total. The van der Waals surface area contributed by atoms with Crippen LogP contribution in [0.25, 0.3) is 11.0 Å². The highest BCUT2D eigenvalue weighted by Crippen LogP contribution is 2.10. The molecule has 1 aromatic carbocycles. The van der Waals surface area contributed by atoms with Crippen molar-refractivity contribution in [2.75, 3.05) is 6.54 Å². The lowest BCUT2D eigenvalue weighted by Crippen LogP contribution is -2.38. The average Bonchev–Trinajstić information content (AvgIpc) is 2.89. The highest BCUT2D eigenvalue weighted by Gasteiger charge is 2.04. The second-order valence-corrected chi connectivity index (χ2v) is 6.59. The van der Waals surface area contributed by atoms with Crippen molar-refractivity contribution in [2.45, 2.75) is 52.5 Å². The van der Waals surface area contributed by atoms with Gasteiger partial charge in [0.25, 0.3) is 0 Å². The first-order chi connectivity index (χ1) is 11.0. The normalized spacial score (nSPS) is 13.1. The number of nitrogens with one attached hydrogen (secondary N) is 2. The van der Waals surface area contributed by atoms with Crippen molar-refractivity contribution in [1.82, 2.24) is 15.3 Å². The van der Waals surface area contributed by atoms with E-state index in [9.17, 15) is 0 Å². The molecular formula is C18H30IN5. The van der Waals surface area contributed by atoms with Crippen LogP contribution < -0.4 is 11.1 Å². The molecule has 0 aliphatic rings. The summed E-state index contributed by atoms with van der Waals surface area (Å²) < 4.78 is 0. The number of fused-ring (bicyclic) bond motifs is 1. The van der Waals surface area contributed by atoms with Gasteiger partial charge >= 0.3 is 0 Å². The Morgan fingerprint density at radius 3 is 2.71 bits per heavy atom. The van der Waals surface area contributed by atoms with Gasteiger partial charge in [-0.15, -0.1) is 24.0 Å². The van der Waals surface area contributed by atoms with Gasteiger partial charge in [0.05, 0.1) is 11.0 Å². The molecule has 1 aromatic heterocycles. The number of aromatic amines is 1. The maximum atomic E-state index is 5.95. The largest absolute Gasteiger partial charge is 0.370 e. The van der Waals surface area contributed by atoms with E-state index in [1.807, 2.05) is 24.3 Å². The van der Waals surface area contributed by atoms with Gasteiger partial charge in [-0.25, -0.2) is 4.98 Å². The third-order valence-corrected chi connectivity index (χ3v) is 3.88. The predicted molar refractivity (Wildman–Crippen MR) is 113 cm³/mol. The fourth-order valence-electron chi connectivity index (χ4n) is 2.61. The zero-order valence-electron chi connectivity index (χ0n) is 14.9. The smallest absolute Gasteiger partial charge is 0.188 e. The van der Waals surface area contributed by atoms with Gasteiger partial charge in [0, 0.05) is 19.0 Å². The van der Waals surface area contributed by atoms with Gasteiger partial charge in [-0.3, -0.25) is 4.99 Å². The molecule has 0 saturated carbocycles. The highest BCUT2D eigenvalue weighted by atomic mass is 127.